The van der Waals surface area contributed by atoms with Gasteiger partial charge < -0.3 is 20.7 Å². The van der Waals surface area contributed by atoms with Crippen LogP contribution in [0, 0.1) is 0 Å². The lowest BCUT2D eigenvalue weighted by molar-refractivity contribution is -0.137. The van der Waals surface area contributed by atoms with Crippen LogP contribution in [-0.4, -0.2) is 49.0 Å². The van der Waals surface area contributed by atoms with E-state index in [2.05, 4.69) is 21.2 Å². The number of likely N-dealkylation sites (tertiary alicyclic amines) is 1. The number of halogens is 2. The zero-order valence-corrected chi connectivity index (χ0v) is 16.5. The smallest absolute Gasteiger partial charge is 0.260 e. The summed E-state index contributed by atoms with van der Waals surface area (Å²) in [5, 5.41) is 2.86. The first-order valence-electron chi connectivity index (χ1n) is 8.24. The second-order valence-electron chi connectivity index (χ2n) is 5.82. The molecule has 1 fully saturated rings. The standard InChI is InChI=1S/C17H24BrN3O3.ClH/c18-13-4-6-15(7-5-13)24-12-17(23)21-10-2-1-3-14(21)11-20-16(22)8-9-19;/h4-7,14H,1-3,8-12,19H2,(H,20,22);1H. The molecule has 1 aromatic carbocycles. The van der Waals surface area contributed by atoms with Gasteiger partial charge in [0, 0.05) is 36.6 Å². The van der Waals surface area contributed by atoms with Crippen molar-refractivity contribution in [3.63, 3.8) is 0 Å². The van der Waals surface area contributed by atoms with Crippen molar-refractivity contribution in [3.05, 3.63) is 28.7 Å². The highest BCUT2D eigenvalue weighted by atomic mass is 79.9. The molecule has 8 heteroatoms. The number of benzene rings is 1. The number of rotatable bonds is 7. The SMILES string of the molecule is Cl.NCCC(=O)NCC1CCCCN1C(=O)COc1ccc(Br)cc1. The Kier molecular flexibility index (Phi) is 9.85. The first-order valence-corrected chi connectivity index (χ1v) is 9.04. The highest BCUT2D eigenvalue weighted by Crippen LogP contribution is 2.19. The minimum absolute atomic E-state index is 0. The van der Waals surface area contributed by atoms with E-state index in [4.69, 9.17) is 10.5 Å². The summed E-state index contributed by atoms with van der Waals surface area (Å²) in [6.45, 7) is 1.53. The lowest BCUT2D eigenvalue weighted by atomic mass is 10.0. The molecule has 0 aliphatic carbocycles. The molecular formula is C17H25BrClN3O3. The average Bonchev–Trinajstić information content (AvgIpc) is 2.60. The fraction of sp³-hybridized carbons (Fsp3) is 0.529. The maximum absolute atomic E-state index is 12.5. The molecule has 2 amide bonds. The van der Waals surface area contributed by atoms with Crippen LogP contribution in [0.5, 0.6) is 5.75 Å². The van der Waals surface area contributed by atoms with Crippen LogP contribution < -0.4 is 15.8 Å². The largest absolute Gasteiger partial charge is 0.484 e. The molecule has 1 aliphatic heterocycles. The van der Waals surface area contributed by atoms with Crippen molar-refractivity contribution in [3.8, 4) is 5.75 Å². The van der Waals surface area contributed by atoms with Crippen molar-refractivity contribution in [2.24, 2.45) is 5.73 Å². The van der Waals surface area contributed by atoms with E-state index in [-0.39, 0.29) is 36.9 Å². The number of piperidine rings is 1. The fourth-order valence-corrected chi connectivity index (χ4v) is 3.02. The lowest BCUT2D eigenvalue weighted by Gasteiger charge is -2.35. The predicted molar refractivity (Wildman–Crippen MR) is 103 cm³/mol. The minimum atomic E-state index is -0.0680. The quantitative estimate of drug-likeness (QED) is 0.688. The number of nitrogens with two attached hydrogens (primary N) is 1. The van der Waals surface area contributed by atoms with Gasteiger partial charge >= 0.3 is 0 Å². The van der Waals surface area contributed by atoms with E-state index in [1.54, 1.807) is 0 Å². The van der Waals surface area contributed by atoms with E-state index in [0.29, 0.717) is 31.8 Å². The molecule has 1 atom stereocenters. The van der Waals surface area contributed by atoms with Crippen molar-refractivity contribution < 1.29 is 14.3 Å². The van der Waals surface area contributed by atoms with Gasteiger partial charge in [-0.25, -0.2) is 0 Å². The van der Waals surface area contributed by atoms with Crippen molar-refractivity contribution in [2.45, 2.75) is 31.7 Å². The second kappa shape index (κ2) is 11.3. The number of hydrogen-bond donors (Lipinski definition) is 2. The molecule has 0 aromatic heterocycles. The van der Waals surface area contributed by atoms with Gasteiger partial charge in [-0.1, -0.05) is 15.9 Å². The summed E-state index contributed by atoms with van der Waals surface area (Å²) in [5.41, 5.74) is 5.37. The maximum Gasteiger partial charge on any atom is 0.260 e. The molecule has 1 heterocycles. The molecular weight excluding hydrogens is 410 g/mol. The predicted octanol–water partition coefficient (Wildman–Crippen LogP) is 2.10. The van der Waals surface area contributed by atoms with E-state index in [0.717, 1.165) is 23.7 Å². The fourth-order valence-electron chi connectivity index (χ4n) is 2.75. The summed E-state index contributed by atoms with van der Waals surface area (Å²) in [5.74, 6) is 0.550. The van der Waals surface area contributed by atoms with Gasteiger partial charge in [-0.2, -0.15) is 0 Å². The van der Waals surface area contributed by atoms with Gasteiger partial charge in [0.15, 0.2) is 6.61 Å². The van der Waals surface area contributed by atoms with Crippen LogP contribution in [0.15, 0.2) is 28.7 Å². The Bertz CT molecular complexity index is 557. The monoisotopic (exact) mass is 433 g/mol. The first kappa shape index (κ1) is 21.7. The molecule has 0 radical (unpaired) electrons. The first-order chi connectivity index (χ1) is 11.6. The summed E-state index contributed by atoms with van der Waals surface area (Å²) >= 11 is 3.36. The van der Waals surface area contributed by atoms with E-state index < -0.39 is 0 Å². The Labute approximate surface area is 163 Å². The summed E-state index contributed by atoms with van der Waals surface area (Å²) in [7, 11) is 0. The molecule has 1 saturated heterocycles. The van der Waals surface area contributed by atoms with Crippen molar-refractivity contribution in [1.29, 1.82) is 0 Å². The van der Waals surface area contributed by atoms with Crippen LogP contribution in [0.2, 0.25) is 0 Å². The molecule has 0 bridgehead atoms. The number of nitrogens with zero attached hydrogens (tertiary/aromatic N) is 1. The second-order valence-corrected chi connectivity index (χ2v) is 6.74. The van der Waals surface area contributed by atoms with E-state index in [1.165, 1.54) is 0 Å². The zero-order valence-electron chi connectivity index (χ0n) is 14.1. The molecule has 1 aliphatic rings. The number of carbonyl (C=O) groups is 2. The normalized spacial score (nSPS) is 16.7. The van der Waals surface area contributed by atoms with Gasteiger partial charge in [-0.3, -0.25) is 9.59 Å². The van der Waals surface area contributed by atoms with Crippen LogP contribution in [0.4, 0.5) is 0 Å². The summed E-state index contributed by atoms with van der Waals surface area (Å²) in [4.78, 5) is 25.9. The van der Waals surface area contributed by atoms with Crippen LogP contribution in [0.3, 0.4) is 0 Å². The lowest BCUT2D eigenvalue weighted by Crippen LogP contribution is -2.50. The highest BCUT2D eigenvalue weighted by Gasteiger charge is 2.27. The Balaban J connectivity index is 0.00000312. The van der Waals surface area contributed by atoms with Crippen molar-refractivity contribution in [1.82, 2.24) is 10.2 Å². The summed E-state index contributed by atoms with van der Waals surface area (Å²) < 4.78 is 6.54. The Morgan fingerprint density at radius 1 is 1.28 bits per heavy atom. The Morgan fingerprint density at radius 2 is 2.00 bits per heavy atom. The third-order valence-electron chi connectivity index (χ3n) is 4.03. The highest BCUT2D eigenvalue weighted by molar-refractivity contribution is 9.10. The molecule has 25 heavy (non-hydrogen) atoms. The number of amides is 2. The van der Waals surface area contributed by atoms with E-state index in [9.17, 15) is 9.59 Å². The minimum Gasteiger partial charge on any atom is -0.484 e. The van der Waals surface area contributed by atoms with Crippen molar-refractivity contribution in [2.75, 3.05) is 26.2 Å². The van der Waals surface area contributed by atoms with Gasteiger partial charge in [0.25, 0.3) is 5.91 Å². The molecule has 6 nitrogen and oxygen atoms in total. The average molecular weight is 435 g/mol. The number of ether oxygens (including phenoxy) is 1. The molecule has 0 spiro atoms. The summed E-state index contributed by atoms with van der Waals surface area (Å²) in [6, 6.07) is 7.41. The van der Waals surface area contributed by atoms with E-state index >= 15 is 0 Å². The van der Waals surface area contributed by atoms with Crippen LogP contribution in [0.1, 0.15) is 25.7 Å². The van der Waals surface area contributed by atoms with Gasteiger partial charge in [-0.15, -0.1) is 12.4 Å². The zero-order chi connectivity index (χ0) is 17.4. The molecule has 1 aromatic rings. The van der Waals surface area contributed by atoms with Gasteiger partial charge in [0.1, 0.15) is 5.75 Å². The third kappa shape index (κ3) is 7.22. The number of hydrogen-bond acceptors (Lipinski definition) is 4. The number of nitrogens with one attached hydrogen (secondary N) is 1. The number of carbonyl (C=O) groups excluding carboxylic acids is 2. The van der Waals surface area contributed by atoms with Gasteiger partial charge in [0.2, 0.25) is 5.91 Å². The van der Waals surface area contributed by atoms with Crippen LogP contribution >= 0.6 is 28.3 Å². The topological polar surface area (TPSA) is 84.7 Å². The molecule has 3 N–H and O–H groups in total. The maximum atomic E-state index is 12.5. The third-order valence-corrected chi connectivity index (χ3v) is 4.56. The molecule has 140 valence electrons. The Morgan fingerprint density at radius 3 is 2.68 bits per heavy atom. The molecule has 0 saturated carbocycles. The Hall–Kier alpha value is -1.31. The van der Waals surface area contributed by atoms with Crippen LogP contribution in [0.25, 0.3) is 0 Å². The molecule has 2 rings (SSSR count). The molecule has 1 unspecified atom stereocenters. The van der Waals surface area contributed by atoms with Gasteiger partial charge in [-0.05, 0) is 43.5 Å². The van der Waals surface area contributed by atoms with Crippen LogP contribution in [-0.2, 0) is 9.59 Å². The van der Waals surface area contributed by atoms with Gasteiger partial charge in [0.05, 0.1) is 0 Å². The van der Waals surface area contributed by atoms with E-state index in [1.807, 2.05) is 29.2 Å². The summed E-state index contributed by atoms with van der Waals surface area (Å²) in [6.07, 6.45) is 3.26. The van der Waals surface area contributed by atoms with Crippen molar-refractivity contribution >= 4 is 40.2 Å².